The zero-order valence-corrected chi connectivity index (χ0v) is 17.8. The number of ether oxygens (including phenoxy) is 1. The summed E-state index contributed by atoms with van der Waals surface area (Å²) < 4.78 is 34.3. The number of nitrogens with zero attached hydrogens (tertiary/aromatic N) is 1. The maximum atomic E-state index is 12.9. The fraction of sp³-hybridized carbons (Fsp3) is 0.632. The first-order chi connectivity index (χ1) is 12.4. The van der Waals surface area contributed by atoms with E-state index in [1.807, 2.05) is 27.7 Å². The number of aryl methyl sites for hydroxylation is 1. The molecule has 0 radical (unpaired) electrons. The Bertz CT molecular complexity index is 782. The van der Waals surface area contributed by atoms with E-state index in [9.17, 15) is 13.2 Å². The molecule has 2 rings (SSSR count). The van der Waals surface area contributed by atoms with Crippen molar-refractivity contribution in [3.05, 3.63) is 23.8 Å². The van der Waals surface area contributed by atoms with Gasteiger partial charge in [-0.15, -0.1) is 0 Å². The molecule has 0 aromatic heterocycles. The van der Waals surface area contributed by atoms with E-state index in [4.69, 9.17) is 4.74 Å². The van der Waals surface area contributed by atoms with Crippen LogP contribution in [0.25, 0.3) is 0 Å². The highest BCUT2D eigenvalue weighted by Crippen LogP contribution is 2.23. The monoisotopic (exact) mass is 397 g/mol. The van der Waals surface area contributed by atoms with Crippen molar-refractivity contribution < 1.29 is 17.9 Å². The van der Waals surface area contributed by atoms with Gasteiger partial charge in [0.2, 0.25) is 15.9 Å². The van der Waals surface area contributed by atoms with Crippen molar-refractivity contribution in [2.24, 2.45) is 0 Å². The highest BCUT2D eigenvalue weighted by molar-refractivity contribution is 7.89. The minimum absolute atomic E-state index is 0.112. The van der Waals surface area contributed by atoms with Crippen molar-refractivity contribution in [1.29, 1.82) is 0 Å². The predicted molar refractivity (Wildman–Crippen MR) is 106 cm³/mol. The van der Waals surface area contributed by atoms with Gasteiger partial charge in [-0.1, -0.05) is 6.07 Å². The summed E-state index contributed by atoms with van der Waals surface area (Å²) in [5.74, 6) is -0.244. The maximum absolute atomic E-state index is 12.9. The molecule has 2 atom stereocenters. The molecule has 7 nitrogen and oxygen atoms in total. The minimum atomic E-state index is -3.71. The first-order valence-electron chi connectivity index (χ1n) is 9.19. The number of sulfonamides is 1. The Hall–Kier alpha value is -1.48. The van der Waals surface area contributed by atoms with Crippen molar-refractivity contribution in [3.8, 4) is 0 Å². The summed E-state index contributed by atoms with van der Waals surface area (Å²) in [5.41, 5.74) is 0.731. The van der Waals surface area contributed by atoms with Crippen LogP contribution in [0.4, 0.5) is 5.69 Å². The van der Waals surface area contributed by atoms with Crippen molar-refractivity contribution in [1.82, 2.24) is 9.62 Å². The molecule has 1 aliphatic rings. The molecule has 0 saturated carbocycles. The zero-order chi connectivity index (χ0) is 20.4. The fourth-order valence-electron chi connectivity index (χ4n) is 3.30. The summed E-state index contributed by atoms with van der Waals surface area (Å²) in [6, 6.07) is 4.87. The zero-order valence-electron chi connectivity index (χ0n) is 17.0. The predicted octanol–water partition coefficient (Wildman–Crippen LogP) is 2.12. The third-order valence-electron chi connectivity index (χ3n) is 4.77. The van der Waals surface area contributed by atoms with Gasteiger partial charge in [-0.2, -0.15) is 0 Å². The van der Waals surface area contributed by atoms with Crippen LogP contribution in [0.3, 0.4) is 0 Å². The molecule has 1 aliphatic heterocycles. The van der Waals surface area contributed by atoms with Gasteiger partial charge in [0, 0.05) is 37.8 Å². The number of carbonyl (C=O) groups excluding carboxylic acids is 1. The molecule has 1 saturated heterocycles. The molecule has 1 aromatic carbocycles. The van der Waals surface area contributed by atoms with Gasteiger partial charge in [0.05, 0.1) is 17.1 Å². The largest absolute Gasteiger partial charge is 0.373 e. The number of benzene rings is 1. The van der Waals surface area contributed by atoms with Gasteiger partial charge in [0.25, 0.3) is 0 Å². The Morgan fingerprint density at radius 1 is 1.26 bits per heavy atom. The van der Waals surface area contributed by atoms with Crippen molar-refractivity contribution in [3.63, 3.8) is 0 Å². The Morgan fingerprint density at radius 2 is 1.85 bits per heavy atom. The van der Waals surface area contributed by atoms with Crippen LogP contribution < -0.4 is 10.0 Å². The lowest BCUT2D eigenvalue weighted by molar-refractivity contribution is -0.114. The van der Waals surface area contributed by atoms with Gasteiger partial charge in [0.15, 0.2) is 0 Å². The van der Waals surface area contributed by atoms with Crippen LogP contribution in [-0.4, -0.2) is 56.6 Å². The van der Waals surface area contributed by atoms with Gasteiger partial charge in [-0.05, 0) is 52.3 Å². The summed E-state index contributed by atoms with van der Waals surface area (Å²) >= 11 is 0. The van der Waals surface area contributed by atoms with Gasteiger partial charge >= 0.3 is 0 Å². The summed E-state index contributed by atoms with van der Waals surface area (Å²) in [5, 5.41) is 2.62. The van der Waals surface area contributed by atoms with E-state index < -0.39 is 10.0 Å². The molecule has 1 aromatic rings. The number of morpholine rings is 1. The van der Waals surface area contributed by atoms with Crippen LogP contribution in [0.15, 0.2) is 23.1 Å². The molecule has 1 heterocycles. The first kappa shape index (κ1) is 21.8. The highest BCUT2D eigenvalue weighted by atomic mass is 32.2. The number of rotatable bonds is 6. The normalized spacial score (nSPS) is 21.9. The summed E-state index contributed by atoms with van der Waals surface area (Å²) in [4.78, 5) is 13.7. The van der Waals surface area contributed by atoms with Crippen molar-refractivity contribution in [2.45, 2.75) is 64.2 Å². The smallest absolute Gasteiger partial charge is 0.240 e. The Kier molecular flexibility index (Phi) is 6.68. The second-order valence-electron chi connectivity index (χ2n) is 7.96. The maximum Gasteiger partial charge on any atom is 0.240 e. The Labute approximate surface area is 162 Å². The van der Waals surface area contributed by atoms with Crippen molar-refractivity contribution in [2.75, 3.05) is 25.0 Å². The van der Waals surface area contributed by atoms with E-state index in [1.165, 1.54) is 13.0 Å². The van der Waals surface area contributed by atoms with Crippen LogP contribution >= 0.6 is 0 Å². The standard InChI is InChI=1S/C19H31N3O4S/c1-13-7-8-17(21-16(4)23)9-18(13)27(24,25)20-12-19(5,6)22-10-14(2)26-15(3)11-22/h7-9,14-15,20H,10-12H2,1-6H3,(H,21,23)/t14-,15-/m1/s1. The first-order valence-corrected chi connectivity index (χ1v) is 10.7. The van der Waals surface area contributed by atoms with E-state index in [0.717, 1.165) is 13.1 Å². The quantitative estimate of drug-likeness (QED) is 0.768. The van der Waals surface area contributed by atoms with E-state index in [-0.39, 0.29) is 35.1 Å². The molecule has 0 aliphatic carbocycles. The molecule has 27 heavy (non-hydrogen) atoms. The average Bonchev–Trinajstić information content (AvgIpc) is 2.53. The van der Waals surface area contributed by atoms with E-state index >= 15 is 0 Å². The molecule has 8 heteroatoms. The molecule has 0 bridgehead atoms. The average molecular weight is 398 g/mol. The number of hydrogen-bond acceptors (Lipinski definition) is 5. The number of anilines is 1. The van der Waals surface area contributed by atoms with Crippen LogP contribution in [0.1, 0.15) is 40.2 Å². The molecule has 0 spiro atoms. The van der Waals surface area contributed by atoms with Gasteiger partial charge in [0.1, 0.15) is 0 Å². The Balaban J connectivity index is 2.15. The van der Waals surface area contributed by atoms with Crippen LogP contribution in [0.5, 0.6) is 0 Å². The van der Waals surface area contributed by atoms with Crippen LogP contribution in [-0.2, 0) is 19.6 Å². The van der Waals surface area contributed by atoms with E-state index in [0.29, 0.717) is 11.3 Å². The van der Waals surface area contributed by atoms with Crippen LogP contribution in [0.2, 0.25) is 0 Å². The van der Waals surface area contributed by atoms with E-state index in [2.05, 4.69) is 14.9 Å². The second kappa shape index (κ2) is 8.26. The third-order valence-corrected chi connectivity index (χ3v) is 6.31. The fourth-order valence-corrected chi connectivity index (χ4v) is 4.78. The second-order valence-corrected chi connectivity index (χ2v) is 9.70. The van der Waals surface area contributed by atoms with Gasteiger partial charge < -0.3 is 10.1 Å². The topological polar surface area (TPSA) is 87.7 Å². The number of amides is 1. The summed E-state index contributed by atoms with van der Waals surface area (Å²) in [6.45, 7) is 13.0. The lowest BCUT2D eigenvalue weighted by Gasteiger charge is -2.45. The third kappa shape index (κ3) is 5.75. The van der Waals surface area contributed by atoms with Gasteiger partial charge in [-0.25, -0.2) is 13.1 Å². The van der Waals surface area contributed by atoms with E-state index in [1.54, 1.807) is 19.1 Å². The molecule has 0 unspecified atom stereocenters. The number of nitrogens with one attached hydrogen (secondary N) is 2. The number of carbonyl (C=O) groups is 1. The van der Waals surface area contributed by atoms with Crippen LogP contribution in [0, 0.1) is 6.92 Å². The molecule has 1 fully saturated rings. The lowest BCUT2D eigenvalue weighted by Crippen LogP contribution is -2.58. The molecular formula is C19H31N3O4S. The molecule has 2 N–H and O–H groups in total. The molecular weight excluding hydrogens is 366 g/mol. The molecule has 1 amide bonds. The molecule has 152 valence electrons. The minimum Gasteiger partial charge on any atom is -0.373 e. The SMILES string of the molecule is CC(=O)Nc1ccc(C)c(S(=O)(=O)NCC(C)(C)N2C[C@@H](C)O[C@H](C)C2)c1. The summed E-state index contributed by atoms with van der Waals surface area (Å²) in [7, 11) is -3.71. The highest BCUT2D eigenvalue weighted by Gasteiger charge is 2.34. The van der Waals surface area contributed by atoms with Crippen molar-refractivity contribution >= 4 is 21.6 Å². The number of hydrogen-bond donors (Lipinski definition) is 2. The van der Waals surface area contributed by atoms with Gasteiger partial charge in [-0.3, -0.25) is 9.69 Å². The lowest BCUT2D eigenvalue weighted by atomic mass is 10.0. The Morgan fingerprint density at radius 3 is 2.41 bits per heavy atom. The summed E-state index contributed by atoms with van der Waals surface area (Å²) in [6.07, 6.45) is 0.224.